The maximum atomic E-state index is 10.9. The molecule has 0 bridgehead atoms. The molecule has 0 aliphatic rings. The largest absolute Gasteiger partial charge is 0.476 e. The lowest BCUT2D eigenvalue weighted by atomic mass is 10.1. The molecule has 0 spiro atoms. The second-order valence-electron chi connectivity index (χ2n) is 3.55. The van der Waals surface area contributed by atoms with Gasteiger partial charge in [0.2, 0.25) is 0 Å². The number of nitrogens with zero attached hydrogens (tertiary/aromatic N) is 1. The average Bonchev–Trinajstić information content (AvgIpc) is 2.27. The molecule has 0 fully saturated rings. The summed E-state index contributed by atoms with van der Waals surface area (Å²) in [6.07, 6.45) is 0.510. The number of hydrogen-bond donors (Lipinski definition) is 1. The van der Waals surface area contributed by atoms with Gasteiger partial charge in [0.05, 0.1) is 5.52 Å². The van der Waals surface area contributed by atoms with Crippen molar-refractivity contribution in [3.8, 4) is 0 Å². The number of benzene rings is 1. The molecule has 1 aromatic heterocycles. The first kappa shape index (κ1) is 10.3. The zero-order valence-corrected chi connectivity index (χ0v) is 8.60. The Kier molecular flexibility index (Phi) is 2.40. The van der Waals surface area contributed by atoms with Crippen molar-refractivity contribution in [2.24, 2.45) is 0 Å². The Morgan fingerprint density at radius 3 is 2.75 bits per heavy atom. The summed E-state index contributed by atoms with van der Waals surface area (Å²) in [5, 5.41) is 9.67. The molecule has 0 radical (unpaired) electrons. The van der Waals surface area contributed by atoms with Crippen LogP contribution in [0.2, 0.25) is 0 Å². The highest BCUT2D eigenvalue weighted by atomic mass is 16.4. The van der Waals surface area contributed by atoms with Crippen LogP contribution in [0.5, 0.6) is 0 Å². The second kappa shape index (κ2) is 3.73. The van der Waals surface area contributed by atoms with Gasteiger partial charge in [-0.1, -0.05) is 12.1 Å². The number of carboxylic acid groups (broad SMARTS) is 1. The Balaban J connectivity index is 2.80. The van der Waals surface area contributed by atoms with Crippen LogP contribution in [-0.2, 0) is 0 Å². The highest BCUT2D eigenvalue weighted by molar-refractivity contribution is 5.99. The van der Waals surface area contributed by atoms with Gasteiger partial charge in [0.25, 0.3) is 0 Å². The van der Waals surface area contributed by atoms with E-state index in [4.69, 9.17) is 5.11 Å². The average molecular weight is 215 g/mol. The summed E-state index contributed by atoms with van der Waals surface area (Å²) < 4.78 is 0. The molecule has 0 amide bonds. The van der Waals surface area contributed by atoms with Crippen LogP contribution >= 0.6 is 0 Å². The number of carbonyl (C=O) groups is 2. The molecule has 1 aromatic carbocycles. The Morgan fingerprint density at radius 1 is 1.38 bits per heavy atom. The van der Waals surface area contributed by atoms with Crippen molar-refractivity contribution < 1.29 is 14.7 Å². The van der Waals surface area contributed by atoms with Crippen molar-refractivity contribution in [3.63, 3.8) is 0 Å². The van der Waals surface area contributed by atoms with Crippen molar-refractivity contribution >= 4 is 23.2 Å². The number of aldehydes is 1. The summed E-state index contributed by atoms with van der Waals surface area (Å²) >= 11 is 0. The number of fused-ring (bicyclic) bond motifs is 1. The number of aromatic nitrogens is 1. The lowest BCUT2D eigenvalue weighted by Crippen LogP contribution is -2.05. The van der Waals surface area contributed by atoms with Gasteiger partial charge in [0.1, 0.15) is 0 Å². The van der Waals surface area contributed by atoms with E-state index in [2.05, 4.69) is 4.98 Å². The van der Waals surface area contributed by atoms with Gasteiger partial charge in [0, 0.05) is 10.9 Å². The first-order valence-electron chi connectivity index (χ1n) is 4.71. The van der Waals surface area contributed by atoms with E-state index >= 15 is 0 Å². The van der Waals surface area contributed by atoms with Gasteiger partial charge in [-0.25, -0.2) is 9.78 Å². The summed E-state index contributed by atoms with van der Waals surface area (Å²) in [7, 11) is 0. The first-order chi connectivity index (χ1) is 7.61. The molecule has 0 unspecified atom stereocenters. The van der Waals surface area contributed by atoms with E-state index in [-0.39, 0.29) is 11.3 Å². The van der Waals surface area contributed by atoms with Gasteiger partial charge in [0.15, 0.2) is 12.0 Å². The standard InChI is InChI=1S/C12H9NO3/c1-7-2-3-8-5-9(6-14)11(12(15)16)13-10(8)4-7/h2-6H,1H3,(H,15,16). The predicted octanol–water partition coefficient (Wildman–Crippen LogP) is 2.05. The highest BCUT2D eigenvalue weighted by Crippen LogP contribution is 2.17. The third-order valence-electron chi connectivity index (χ3n) is 2.33. The van der Waals surface area contributed by atoms with Crippen LogP contribution in [0.4, 0.5) is 0 Å². The molecule has 2 rings (SSSR count). The lowest BCUT2D eigenvalue weighted by molar-refractivity contribution is 0.0688. The first-order valence-corrected chi connectivity index (χ1v) is 4.71. The lowest BCUT2D eigenvalue weighted by Gasteiger charge is -2.03. The minimum absolute atomic E-state index is 0.101. The fraction of sp³-hybridized carbons (Fsp3) is 0.0833. The zero-order valence-electron chi connectivity index (χ0n) is 8.60. The predicted molar refractivity (Wildman–Crippen MR) is 58.8 cm³/mol. The summed E-state index contributed by atoms with van der Waals surface area (Å²) in [6.45, 7) is 1.90. The van der Waals surface area contributed by atoms with Gasteiger partial charge in [-0.2, -0.15) is 0 Å². The fourth-order valence-electron chi connectivity index (χ4n) is 1.55. The van der Waals surface area contributed by atoms with Crippen LogP contribution in [0.15, 0.2) is 24.3 Å². The molecular formula is C12H9NO3. The summed E-state index contributed by atoms with van der Waals surface area (Å²) in [4.78, 5) is 25.6. The maximum Gasteiger partial charge on any atom is 0.355 e. The van der Waals surface area contributed by atoms with Crippen LogP contribution in [0.1, 0.15) is 26.4 Å². The minimum Gasteiger partial charge on any atom is -0.476 e. The Labute approximate surface area is 91.5 Å². The molecule has 0 aliphatic carbocycles. The second-order valence-corrected chi connectivity index (χ2v) is 3.55. The van der Waals surface area contributed by atoms with Crippen LogP contribution in [0.25, 0.3) is 10.9 Å². The van der Waals surface area contributed by atoms with Crippen molar-refractivity contribution in [2.75, 3.05) is 0 Å². The molecule has 4 nitrogen and oxygen atoms in total. The Morgan fingerprint density at radius 2 is 2.12 bits per heavy atom. The fourth-order valence-corrected chi connectivity index (χ4v) is 1.55. The van der Waals surface area contributed by atoms with Crippen molar-refractivity contribution in [1.82, 2.24) is 4.98 Å². The summed E-state index contributed by atoms with van der Waals surface area (Å²) in [6, 6.07) is 7.03. The molecule has 0 saturated carbocycles. The number of aryl methyl sites for hydroxylation is 1. The van der Waals surface area contributed by atoms with Gasteiger partial charge < -0.3 is 5.11 Å². The Bertz CT molecular complexity index is 590. The van der Waals surface area contributed by atoms with E-state index in [1.165, 1.54) is 6.07 Å². The zero-order chi connectivity index (χ0) is 11.7. The van der Waals surface area contributed by atoms with E-state index in [1.54, 1.807) is 6.07 Å². The Hall–Kier alpha value is -2.23. The molecule has 1 N–H and O–H groups in total. The van der Waals surface area contributed by atoms with Crippen LogP contribution in [-0.4, -0.2) is 22.3 Å². The summed E-state index contributed by atoms with van der Waals surface area (Å²) in [5.74, 6) is -1.19. The molecule has 16 heavy (non-hydrogen) atoms. The molecule has 4 heteroatoms. The highest BCUT2D eigenvalue weighted by Gasteiger charge is 2.12. The maximum absolute atomic E-state index is 10.9. The van der Waals surface area contributed by atoms with E-state index in [1.807, 2.05) is 19.1 Å². The number of aromatic carboxylic acids is 1. The quantitative estimate of drug-likeness (QED) is 0.778. The number of pyridine rings is 1. The van der Waals surface area contributed by atoms with Gasteiger partial charge >= 0.3 is 5.97 Å². The summed E-state index contributed by atoms with van der Waals surface area (Å²) in [5.41, 5.74) is 1.48. The monoisotopic (exact) mass is 215 g/mol. The van der Waals surface area contributed by atoms with Crippen molar-refractivity contribution in [2.45, 2.75) is 6.92 Å². The van der Waals surface area contributed by atoms with Crippen LogP contribution in [0, 0.1) is 6.92 Å². The minimum atomic E-state index is -1.19. The molecule has 0 atom stereocenters. The third-order valence-corrected chi connectivity index (χ3v) is 2.33. The van der Waals surface area contributed by atoms with Gasteiger partial charge in [-0.05, 0) is 24.6 Å². The SMILES string of the molecule is Cc1ccc2cc(C=O)c(C(=O)O)nc2c1. The topological polar surface area (TPSA) is 67.3 Å². The van der Waals surface area contributed by atoms with Crippen molar-refractivity contribution in [3.05, 3.63) is 41.1 Å². The molecule has 0 aliphatic heterocycles. The van der Waals surface area contributed by atoms with Gasteiger partial charge in [-0.3, -0.25) is 4.79 Å². The van der Waals surface area contributed by atoms with E-state index in [0.29, 0.717) is 11.8 Å². The van der Waals surface area contributed by atoms with Crippen LogP contribution < -0.4 is 0 Å². The number of hydrogen-bond acceptors (Lipinski definition) is 3. The molecular weight excluding hydrogens is 206 g/mol. The van der Waals surface area contributed by atoms with E-state index < -0.39 is 5.97 Å². The smallest absolute Gasteiger partial charge is 0.355 e. The third kappa shape index (κ3) is 1.65. The molecule has 1 heterocycles. The van der Waals surface area contributed by atoms with E-state index in [9.17, 15) is 9.59 Å². The van der Waals surface area contributed by atoms with E-state index in [0.717, 1.165) is 10.9 Å². The molecule has 2 aromatic rings. The number of rotatable bonds is 2. The normalized spacial score (nSPS) is 10.3. The van der Waals surface area contributed by atoms with Crippen molar-refractivity contribution in [1.29, 1.82) is 0 Å². The van der Waals surface area contributed by atoms with Gasteiger partial charge in [-0.15, -0.1) is 0 Å². The number of carbonyl (C=O) groups excluding carboxylic acids is 1. The van der Waals surface area contributed by atoms with Crippen LogP contribution in [0.3, 0.4) is 0 Å². The molecule has 80 valence electrons. The molecule has 0 saturated heterocycles. The number of carboxylic acids is 1.